The van der Waals surface area contributed by atoms with Crippen LogP contribution < -0.4 is 10.5 Å². The molecule has 0 amide bonds. The molecule has 0 aromatic carbocycles. The van der Waals surface area contributed by atoms with Gasteiger partial charge in [0.2, 0.25) is 0 Å². The molecule has 1 atom stereocenters. The molecule has 18 heavy (non-hydrogen) atoms. The monoisotopic (exact) mass is 269 g/mol. The zero-order chi connectivity index (χ0) is 12.8. The van der Waals surface area contributed by atoms with Crippen LogP contribution in [-0.2, 0) is 0 Å². The Bertz CT molecular complexity index is 347. The minimum absolute atomic E-state index is 0.438. The van der Waals surface area contributed by atoms with Crippen molar-refractivity contribution in [1.82, 2.24) is 0 Å². The highest BCUT2D eigenvalue weighted by Gasteiger charge is 2.15. The van der Waals surface area contributed by atoms with Gasteiger partial charge in [-0.1, -0.05) is 19.3 Å². The number of aliphatic hydroxyl groups excluding tert-OH is 1. The Morgan fingerprint density at radius 2 is 2.11 bits per heavy atom. The van der Waals surface area contributed by atoms with Gasteiger partial charge in [0.15, 0.2) is 5.06 Å². The first kappa shape index (κ1) is 13.8. The van der Waals surface area contributed by atoms with Crippen LogP contribution in [0.25, 0.3) is 0 Å². The predicted octanol–water partition coefficient (Wildman–Crippen LogP) is 3.09. The summed E-state index contributed by atoms with van der Waals surface area (Å²) in [5, 5.41) is 10.7. The third-order valence-corrected chi connectivity index (χ3v) is 4.66. The smallest absolute Gasteiger partial charge is 0.174 e. The van der Waals surface area contributed by atoms with Gasteiger partial charge in [-0.15, -0.1) is 11.3 Å². The van der Waals surface area contributed by atoms with Crippen molar-refractivity contribution in [2.75, 3.05) is 13.2 Å². The van der Waals surface area contributed by atoms with Crippen LogP contribution in [0.3, 0.4) is 0 Å². The Balaban J connectivity index is 1.79. The molecule has 1 aliphatic carbocycles. The van der Waals surface area contributed by atoms with E-state index in [1.54, 1.807) is 11.3 Å². The van der Waals surface area contributed by atoms with Gasteiger partial charge in [-0.2, -0.15) is 0 Å². The molecule has 3 nitrogen and oxygen atoms in total. The minimum Gasteiger partial charge on any atom is -0.484 e. The van der Waals surface area contributed by atoms with E-state index in [0.717, 1.165) is 22.5 Å². The summed E-state index contributed by atoms with van der Waals surface area (Å²) in [7, 11) is 0. The van der Waals surface area contributed by atoms with Gasteiger partial charge < -0.3 is 15.6 Å². The number of aliphatic hydroxyl groups is 1. The van der Waals surface area contributed by atoms with Crippen LogP contribution in [0.4, 0.5) is 0 Å². The number of hydrogen-bond acceptors (Lipinski definition) is 4. The van der Waals surface area contributed by atoms with Gasteiger partial charge in [0.1, 0.15) is 0 Å². The largest absolute Gasteiger partial charge is 0.484 e. The van der Waals surface area contributed by atoms with Crippen LogP contribution in [0.1, 0.15) is 49.5 Å². The van der Waals surface area contributed by atoms with E-state index in [-0.39, 0.29) is 0 Å². The maximum atomic E-state index is 9.83. The van der Waals surface area contributed by atoms with Crippen molar-refractivity contribution < 1.29 is 9.84 Å². The Morgan fingerprint density at radius 1 is 1.33 bits per heavy atom. The first-order chi connectivity index (χ1) is 8.79. The molecule has 4 heteroatoms. The van der Waals surface area contributed by atoms with Crippen LogP contribution in [0.15, 0.2) is 12.1 Å². The average molecular weight is 269 g/mol. The van der Waals surface area contributed by atoms with Crippen molar-refractivity contribution in [3.8, 4) is 5.06 Å². The molecule has 1 unspecified atom stereocenters. The summed E-state index contributed by atoms with van der Waals surface area (Å²) < 4.78 is 5.83. The average Bonchev–Trinajstić information content (AvgIpc) is 2.87. The zero-order valence-electron chi connectivity index (χ0n) is 10.8. The van der Waals surface area contributed by atoms with E-state index in [1.165, 1.54) is 32.1 Å². The summed E-state index contributed by atoms with van der Waals surface area (Å²) >= 11 is 1.54. The zero-order valence-corrected chi connectivity index (χ0v) is 11.6. The molecule has 2 rings (SSSR count). The standard InChI is InChI=1S/C14H23NO2S/c15-9-8-12(16)13-6-7-14(18-13)17-10-11-4-2-1-3-5-11/h6-7,11-12,16H,1-5,8-10,15H2. The molecule has 0 aliphatic heterocycles. The lowest BCUT2D eigenvalue weighted by molar-refractivity contribution is 0.174. The van der Waals surface area contributed by atoms with E-state index in [4.69, 9.17) is 10.5 Å². The maximum Gasteiger partial charge on any atom is 0.174 e. The van der Waals surface area contributed by atoms with E-state index >= 15 is 0 Å². The topological polar surface area (TPSA) is 55.5 Å². The second kappa shape index (κ2) is 7.12. The molecule has 3 N–H and O–H groups in total. The number of hydrogen-bond donors (Lipinski definition) is 2. The van der Waals surface area contributed by atoms with Crippen molar-refractivity contribution in [3.05, 3.63) is 17.0 Å². The highest BCUT2D eigenvalue weighted by Crippen LogP contribution is 2.32. The van der Waals surface area contributed by atoms with Crippen LogP contribution >= 0.6 is 11.3 Å². The van der Waals surface area contributed by atoms with Gasteiger partial charge in [-0.25, -0.2) is 0 Å². The Labute approximate surface area is 113 Å². The predicted molar refractivity (Wildman–Crippen MR) is 75.0 cm³/mol. The fourth-order valence-electron chi connectivity index (χ4n) is 2.44. The van der Waals surface area contributed by atoms with Crippen molar-refractivity contribution in [1.29, 1.82) is 0 Å². The molecule has 0 bridgehead atoms. The van der Waals surface area contributed by atoms with Gasteiger partial charge in [0.05, 0.1) is 12.7 Å². The number of thiophene rings is 1. The van der Waals surface area contributed by atoms with Gasteiger partial charge in [-0.3, -0.25) is 0 Å². The van der Waals surface area contributed by atoms with E-state index in [1.807, 2.05) is 12.1 Å². The normalized spacial score (nSPS) is 18.8. The van der Waals surface area contributed by atoms with E-state index < -0.39 is 6.10 Å². The first-order valence-electron chi connectivity index (χ1n) is 6.90. The number of ether oxygens (including phenoxy) is 1. The second-order valence-electron chi connectivity index (χ2n) is 5.06. The highest BCUT2D eigenvalue weighted by molar-refractivity contribution is 7.13. The molecule has 0 radical (unpaired) electrons. The molecule has 1 aromatic rings. The van der Waals surface area contributed by atoms with E-state index in [0.29, 0.717) is 13.0 Å². The molecule has 102 valence electrons. The Morgan fingerprint density at radius 3 is 2.83 bits per heavy atom. The fourth-order valence-corrected chi connectivity index (χ4v) is 3.33. The van der Waals surface area contributed by atoms with E-state index in [2.05, 4.69) is 0 Å². The lowest BCUT2D eigenvalue weighted by Gasteiger charge is -2.21. The van der Waals surface area contributed by atoms with Crippen molar-refractivity contribution in [3.63, 3.8) is 0 Å². The van der Waals surface area contributed by atoms with Gasteiger partial charge >= 0.3 is 0 Å². The van der Waals surface area contributed by atoms with Crippen LogP contribution in [-0.4, -0.2) is 18.3 Å². The molecular formula is C14H23NO2S. The molecule has 1 saturated carbocycles. The van der Waals surface area contributed by atoms with Crippen molar-refractivity contribution in [2.45, 2.75) is 44.6 Å². The molecule has 1 fully saturated rings. The summed E-state index contributed by atoms with van der Waals surface area (Å²) in [6.45, 7) is 1.34. The maximum absolute atomic E-state index is 9.83. The van der Waals surface area contributed by atoms with Crippen molar-refractivity contribution in [2.24, 2.45) is 11.7 Å². The summed E-state index contributed by atoms with van der Waals surface area (Å²) in [4.78, 5) is 0.957. The Hall–Kier alpha value is -0.580. The number of rotatable bonds is 6. The number of nitrogens with two attached hydrogens (primary N) is 1. The summed E-state index contributed by atoms with van der Waals surface area (Å²) in [5.41, 5.74) is 5.44. The van der Waals surface area contributed by atoms with Gasteiger partial charge in [0.25, 0.3) is 0 Å². The second-order valence-corrected chi connectivity index (χ2v) is 6.14. The van der Waals surface area contributed by atoms with Gasteiger partial charge in [-0.05, 0) is 43.9 Å². The van der Waals surface area contributed by atoms with Crippen LogP contribution in [0.2, 0.25) is 0 Å². The molecule has 1 aromatic heterocycles. The lowest BCUT2D eigenvalue weighted by Crippen LogP contribution is -2.14. The third-order valence-electron chi connectivity index (χ3n) is 3.56. The highest BCUT2D eigenvalue weighted by atomic mass is 32.1. The SMILES string of the molecule is NCCC(O)c1ccc(OCC2CCCCC2)s1. The van der Waals surface area contributed by atoms with Crippen molar-refractivity contribution >= 4 is 11.3 Å². The first-order valence-corrected chi connectivity index (χ1v) is 7.72. The molecule has 0 spiro atoms. The van der Waals surface area contributed by atoms with E-state index in [9.17, 15) is 5.11 Å². The van der Waals surface area contributed by atoms with Crippen LogP contribution in [0, 0.1) is 5.92 Å². The summed E-state index contributed by atoms with van der Waals surface area (Å²) in [6.07, 6.45) is 6.85. The summed E-state index contributed by atoms with van der Waals surface area (Å²) in [6, 6.07) is 3.91. The third kappa shape index (κ3) is 3.97. The minimum atomic E-state index is -0.438. The molecular weight excluding hydrogens is 246 g/mol. The molecule has 1 heterocycles. The molecule has 1 aliphatic rings. The van der Waals surface area contributed by atoms with Crippen LogP contribution in [0.5, 0.6) is 5.06 Å². The fraction of sp³-hybridized carbons (Fsp3) is 0.714. The summed E-state index contributed by atoms with van der Waals surface area (Å²) in [5.74, 6) is 0.721. The molecule has 0 saturated heterocycles. The van der Waals surface area contributed by atoms with Gasteiger partial charge in [0, 0.05) is 4.88 Å². The lowest BCUT2D eigenvalue weighted by atomic mass is 9.90. The Kier molecular flexibility index (Phi) is 5.47. The quantitative estimate of drug-likeness (QED) is 0.834.